The number of likely N-dealkylation sites (tertiary alicyclic amines) is 1. The molecule has 2 fully saturated rings. The molecule has 16 heavy (non-hydrogen) atoms. The highest BCUT2D eigenvalue weighted by atomic mass is 32.1. The minimum absolute atomic E-state index is 0.0411. The highest BCUT2D eigenvalue weighted by molar-refractivity contribution is 7.80. The summed E-state index contributed by atoms with van der Waals surface area (Å²) in [6.45, 7) is 3.55. The van der Waals surface area contributed by atoms with Crippen LogP contribution in [0, 0.1) is 0 Å². The van der Waals surface area contributed by atoms with E-state index in [0.29, 0.717) is 5.11 Å². The Morgan fingerprint density at radius 2 is 1.94 bits per heavy atom. The first-order valence-electron chi connectivity index (χ1n) is 5.51. The van der Waals surface area contributed by atoms with Crippen LogP contribution in [-0.4, -0.2) is 58.8 Å². The van der Waals surface area contributed by atoms with Gasteiger partial charge < -0.3 is 10.2 Å². The van der Waals surface area contributed by atoms with Crippen molar-refractivity contribution in [3.63, 3.8) is 0 Å². The monoisotopic (exact) mass is 242 g/mol. The number of thiocarbonyl (C=S) groups is 1. The van der Waals surface area contributed by atoms with Crippen molar-refractivity contribution < 1.29 is 4.79 Å². The molecule has 2 aliphatic rings. The number of hydrogen-bond acceptors (Lipinski definition) is 3. The molecule has 90 valence electrons. The molecule has 2 heterocycles. The van der Waals surface area contributed by atoms with E-state index in [9.17, 15) is 4.79 Å². The quantitative estimate of drug-likeness (QED) is 0.605. The summed E-state index contributed by atoms with van der Waals surface area (Å²) in [5, 5.41) is 7.46. The molecule has 0 aliphatic carbocycles. The summed E-state index contributed by atoms with van der Waals surface area (Å²) in [5.41, 5.74) is -0.288. The number of carbonyl (C=O) groups excluding carboxylic acids is 1. The third-order valence-electron chi connectivity index (χ3n) is 3.45. The van der Waals surface area contributed by atoms with Gasteiger partial charge in [-0.1, -0.05) is 0 Å². The summed E-state index contributed by atoms with van der Waals surface area (Å²) >= 11 is 5.23. The molecule has 0 aromatic heterocycles. The minimum Gasteiger partial charge on any atom is -0.337 e. The Kier molecular flexibility index (Phi) is 2.79. The summed E-state index contributed by atoms with van der Waals surface area (Å²) in [6, 6.07) is 0. The maximum absolute atomic E-state index is 11.7. The Balaban J connectivity index is 2.25. The molecule has 2 aliphatic heterocycles. The van der Waals surface area contributed by atoms with Crippen LogP contribution in [-0.2, 0) is 4.79 Å². The molecular weight excluding hydrogens is 224 g/mol. The van der Waals surface area contributed by atoms with Gasteiger partial charge in [0.2, 0.25) is 5.91 Å². The Hall–Kier alpha value is -0.880. The number of hydrogen-bond donors (Lipinski definition) is 1. The zero-order valence-corrected chi connectivity index (χ0v) is 10.8. The third-order valence-corrected chi connectivity index (χ3v) is 3.82. The van der Waals surface area contributed by atoms with E-state index in [1.54, 1.807) is 16.9 Å². The summed E-state index contributed by atoms with van der Waals surface area (Å²) < 4.78 is 0. The van der Waals surface area contributed by atoms with E-state index in [1.165, 1.54) is 0 Å². The van der Waals surface area contributed by atoms with Crippen LogP contribution in [0.3, 0.4) is 0 Å². The van der Waals surface area contributed by atoms with Crippen molar-refractivity contribution in [2.45, 2.75) is 25.4 Å². The fraction of sp³-hybridized carbons (Fsp3) is 0.800. The van der Waals surface area contributed by atoms with Crippen LogP contribution in [0.2, 0.25) is 0 Å². The molecule has 2 rings (SSSR count). The summed E-state index contributed by atoms with van der Waals surface area (Å²) in [7, 11) is 3.94. The molecule has 0 unspecified atom stereocenters. The van der Waals surface area contributed by atoms with Crippen LogP contribution in [0.25, 0.3) is 0 Å². The highest BCUT2D eigenvalue weighted by Gasteiger charge is 2.49. The van der Waals surface area contributed by atoms with Crippen molar-refractivity contribution in [2.24, 2.45) is 0 Å². The molecule has 0 bridgehead atoms. The van der Waals surface area contributed by atoms with Gasteiger partial charge in [0.1, 0.15) is 5.66 Å². The van der Waals surface area contributed by atoms with E-state index in [2.05, 4.69) is 17.3 Å². The van der Waals surface area contributed by atoms with Crippen LogP contribution >= 0.6 is 12.2 Å². The van der Waals surface area contributed by atoms with Crippen molar-refractivity contribution in [1.29, 1.82) is 0 Å². The molecule has 2 saturated heterocycles. The fourth-order valence-corrected chi connectivity index (χ4v) is 2.82. The van der Waals surface area contributed by atoms with E-state index in [0.717, 1.165) is 25.9 Å². The zero-order chi connectivity index (χ0) is 11.9. The van der Waals surface area contributed by atoms with Crippen LogP contribution in [0.1, 0.15) is 19.8 Å². The summed E-state index contributed by atoms with van der Waals surface area (Å²) in [6.07, 6.45) is 1.82. The van der Waals surface area contributed by atoms with E-state index in [1.807, 2.05) is 7.05 Å². The molecule has 5 nitrogen and oxygen atoms in total. The second-order valence-corrected chi connectivity index (χ2v) is 5.01. The van der Waals surface area contributed by atoms with Gasteiger partial charge >= 0.3 is 0 Å². The molecule has 1 spiro atoms. The van der Waals surface area contributed by atoms with Crippen molar-refractivity contribution in [1.82, 2.24) is 20.2 Å². The molecule has 0 aromatic carbocycles. The van der Waals surface area contributed by atoms with Gasteiger partial charge in [-0.15, -0.1) is 0 Å². The number of hydrazine groups is 1. The van der Waals surface area contributed by atoms with Crippen LogP contribution < -0.4 is 5.32 Å². The zero-order valence-electron chi connectivity index (χ0n) is 9.99. The molecule has 1 amide bonds. The smallest absolute Gasteiger partial charge is 0.240 e. The van der Waals surface area contributed by atoms with Crippen molar-refractivity contribution in [3.05, 3.63) is 0 Å². The molecule has 0 atom stereocenters. The van der Waals surface area contributed by atoms with Gasteiger partial charge in [-0.05, 0) is 19.3 Å². The van der Waals surface area contributed by atoms with Gasteiger partial charge in [0.15, 0.2) is 5.11 Å². The van der Waals surface area contributed by atoms with Crippen LogP contribution in [0.5, 0.6) is 0 Å². The van der Waals surface area contributed by atoms with Crippen LogP contribution in [0.4, 0.5) is 0 Å². The van der Waals surface area contributed by atoms with Gasteiger partial charge in [-0.25, -0.2) is 5.01 Å². The Morgan fingerprint density at radius 3 is 2.44 bits per heavy atom. The molecule has 0 aromatic rings. The van der Waals surface area contributed by atoms with Gasteiger partial charge in [0.05, 0.1) is 0 Å². The number of carbonyl (C=O) groups is 1. The highest BCUT2D eigenvalue weighted by Crippen LogP contribution is 2.31. The maximum atomic E-state index is 11.7. The van der Waals surface area contributed by atoms with E-state index >= 15 is 0 Å². The lowest BCUT2D eigenvalue weighted by Crippen LogP contribution is -2.60. The van der Waals surface area contributed by atoms with E-state index in [4.69, 9.17) is 12.2 Å². The first-order valence-corrected chi connectivity index (χ1v) is 5.92. The topological polar surface area (TPSA) is 38.8 Å². The normalized spacial score (nSPS) is 25.1. The Bertz CT molecular complexity index is 325. The lowest BCUT2D eigenvalue weighted by molar-refractivity contribution is -0.150. The van der Waals surface area contributed by atoms with Crippen molar-refractivity contribution >= 4 is 23.2 Å². The van der Waals surface area contributed by atoms with Crippen LogP contribution in [0.15, 0.2) is 0 Å². The number of nitrogens with one attached hydrogen (secondary N) is 1. The van der Waals surface area contributed by atoms with Gasteiger partial charge in [0, 0.05) is 39.9 Å². The number of piperidine rings is 1. The SMILES string of the molecule is CC(=O)N1N(C)C(=S)NC12CCN(C)CC2. The predicted octanol–water partition coefficient (Wildman–Crippen LogP) is -0.00830. The molecule has 6 heteroatoms. The number of amides is 1. The minimum atomic E-state index is -0.288. The maximum Gasteiger partial charge on any atom is 0.240 e. The van der Waals surface area contributed by atoms with Crippen molar-refractivity contribution in [3.8, 4) is 0 Å². The van der Waals surface area contributed by atoms with E-state index in [-0.39, 0.29) is 11.6 Å². The van der Waals surface area contributed by atoms with Gasteiger partial charge in [-0.3, -0.25) is 9.80 Å². The lowest BCUT2D eigenvalue weighted by Gasteiger charge is -2.43. The van der Waals surface area contributed by atoms with Gasteiger partial charge in [-0.2, -0.15) is 0 Å². The first kappa shape index (κ1) is 11.6. The standard InChI is InChI=1S/C10H18N4OS/c1-8(15)14-10(11-9(16)13(14)3)4-6-12(2)7-5-10/h4-7H2,1-3H3,(H,11,16). The number of rotatable bonds is 0. The van der Waals surface area contributed by atoms with Gasteiger partial charge in [0.25, 0.3) is 0 Å². The second-order valence-electron chi connectivity index (χ2n) is 4.62. The van der Waals surface area contributed by atoms with Crippen molar-refractivity contribution in [2.75, 3.05) is 27.2 Å². The first-order chi connectivity index (χ1) is 7.46. The average Bonchev–Trinajstić information content (AvgIpc) is 2.45. The summed E-state index contributed by atoms with van der Waals surface area (Å²) in [5.74, 6) is 0.0411. The fourth-order valence-electron chi connectivity index (χ4n) is 2.55. The molecule has 0 radical (unpaired) electrons. The Morgan fingerprint density at radius 1 is 1.38 bits per heavy atom. The predicted molar refractivity (Wildman–Crippen MR) is 65.5 cm³/mol. The van der Waals surface area contributed by atoms with E-state index < -0.39 is 0 Å². The Labute approximate surface area is 101 Å². The lowest BCUT2D eigenvalue weighted by atomic mass is 9.97. The molecular formula is C10H18N4OS. The third kappa shape index (κ3) is 1.66. The average molecular weight is 242 g/mol. The largest absolute Gasteiger partial charge is 0.337 e. The molecule has 1 N–H and O–H groups in total. The number of nitrogens with zero attached hydrogens (tertiary/aromatic N) is 3. The second kappa shape index (κ2) is 3.85. The molecule has 0 saturated carbocycles. The summed E-state index contributed by atoms with van der Waals surface area (Å²) in [4.78, 5) is 14.0.